The second-order valence-electron chi connectivity index (χ2n) is 8.88. The van der Waals surface area contributed by atoms with Crippen LogP contribution in [-0.4, -0.2) is 50.0 Å². The lowest BCUT2D eigenvalue weighted by molar-refractivity contribution is -0.139. The molecule has 1 atom stereocenters. The monoisotopic (exact) mass is 505 g/mol. The maximum absolute atomic E-state index is 13.5. The van der Waals surface area contributed by atoms with E-state index in [2.05, 4.69) is 5.32 Å². The maximum Gasteiger partial charge on any atom is 0.244 e. The van der Waals surface area contributed by atoms with Crippen molar-refractivity contribution in [3.63, 3.8) is 0 Å². The van der Waals surface area contributed by atoms with Crippen molar-refractivity contribution in [3.8, 4) is 0 Å². The lowest BCUT2D eigenvalue weighted by Gasteiger charge is -2.32. The molecule has 1 aliphatic rings. The summed E-state index contributed by atoms with van der Waals surface area (Å²) in [5.74, 6) is -0.708. The quantitative estimate of drug-likeness (QED) is 0.560. The Bertz CT molecular complexity index is 1120. The van der Waals surface area contributed by atoms with Gasteiger partial charge in [-0.2, -0.15) is 0 Å². The van der Waals surface area contributed by atoms with Gasteiger partial charge < -0.3 is 10.2 Å². The summed E-state index contributed by atoms with van der Waals surface area (Å²) in [7, 11) is -3.79. The second-order valence-corrected chi connectivity index (χ2v) is 11.2. The molecule has 0 radical (unpaired) electrons. The summed E-state index contributed by atoms with van der Waals surface area (Å²) in [5.41, 5.74) is 1.95. The van der Waals surface area contributed by atoms with Crippen LogP contribution in [0.15, 0.2) is 48.5 Å². The third-order valence-electron chi connectivity index (χ3n) is 6.19. The number of rotatable bonds is 9. The first kappa shape index (κ1) is 26.0. The Balaban J connectivity index is 1.87. The van der Waals surface area contributed by atoms with Gasteiger partial charge in [-0.05, 0) is 49.9 Å². The highest BCUT2D eigenvalue weighted by Gasteiger charge is 2.31. The van der Waals surface area contributed by atoms with Gasteiger partial charge in [-0.15, -0.1) is 0 Å². The molecule has 1 N–H and O–H groups in total. The standard InChI is InChI=1S/C25H32ClN3O4S/c1-18-13-14-22(15-23(18)26)29(34(3,32)33)17-24(30)28(16-20-9-5-4-6-10-20)19(2)25(31)27-21-11-7-8-12-21/h4-6,9-10,13-15,19,21H,7-8,11-12,16-17H2,1-3H3,(H,27,31). The van der Waals surface area contributed by atoms with E-state index < -0.39 is 28.5 Å². The molecule has 1 saturated carbocycles. The molecule has 3 rings (SSSR count). The summed E-state index contributed by atoms with van der Waals surface area (Å²) < 4.78 is 26.3. The molecule has 0 heterocycles. The number of aryl methyl sites for hydroxylation is 1. The van der Waals surface area contributed by atoms with Gasteiger partial charge in [0.2, 0.25) is 21.8 Å². The molecule has 0 bridgehead atoms. The SMILES string of the molecule is Cc1ccc(N(CC(=O)N(Cc2ccccc2)C(C)C(=O)NC2CCCC2)S(C)(=O)=O)cc1Cl. The molecule has 2 aromatic rings. The number of nitrogens with one attached hydrogen (secondary N) is 1. The molecule has 0 aliphatic heterocycles. The summed E-state index contributed by atoms with van der Waals surface area (Å²) in [5, 5.41) is 3.45. The van der Waals surface area contributed by atoms with Gasteiger partial charge in [0.1, 0.15) is 12.6 Å². The average molecular weight is 506 g/mol. The lowest BCUT2D eigenvalue weighted by atomic mass is 10.1. The fourth-order valence-corrected chi connectivity index (χ4v) is 5.12. The summed E-state index contributed by atoms with van der Waals surface area (Å²) in [4.78, 5) is 28.0. The van der Waals surface area contributed by atoms with E-state index in [0.717, 1.165) is 47.4 Å². The van der Waals surface area contributed by atoms with Crippen molar-refractivity contribution in [2.75, 3.05) is 17.1 Å². The number of hydrogen-bond acceptors (Lipinski definition) is 4. The molecular formula is C25H32ClN3O4S. The van der Waals surface area contributed by atoms with Crippen molar-refractivity contribution < 1.29 is 18.0 Å². The van der Waals surface area contributed by atoms with Crippen LogP contribution >= 0.6 is 11.6 Å². The number of hydrogen-bond donors (Lipinski definition) is 1. The molecule has 1 unspecified atom stereocenters. The molecule has 34 heavy (non-hydrogen) atoms. The molecule has 1 aliphatic carbocycles. The van der Waals surface area contributed by atoms with Gasteiger partial charge in [-0.3, -0.25) is 13.9 Å². The molecule has 7 nitrogen and oxygen atoms in total. The molecule has 1 fully saturated rings. The van der Waals surface area contributed by atoms with Crippen LogP contribution in [-0.2, 0) is 26.2 Å². The van der Waals surface area contributed by atoms with Crippen LogP contribution in [0.4, 0.5) is 5.69 Å². The van der Waals surface area contributed by atoms with Crippen LogP contribution < -0.4 is 9.62 Å². The Hall–Kier alpha value is -2.58. The van der Waals surface area contributed by atoms with E-state index in [1.807, 2.05) is 37.3 Å². The van der Waals surface area contributed by atoms with Crippen LogP contribution in [0.3, 0.4) is 0 Å². The van der Waals surface area contributed by atoms with E-state index in [9.17, 15) is 18.0 Å². The molecule has 0 saturated heterocycles. The summed E-state index contributed by atoms with van der Waals surface area (Å²) in [6, 6.07) is 13.5. The highest BCUT2D eigenvalue weighted by molar-refractivity contribution is 7.92. The zero-order valence-electron chi connectivity index (χ0n) is 19.8. The van der Waals surface area contributed by atoms with Crippen LogP contribution in [0, 0.1) is 6.92 Å². The first-order valence-corrected chi connectivity index (χ1v) is 13.7. The van der Waals surface area contributed by atoms with Gasteiger partial charge in [-0.1, -0.05) is 60.8 Å². The van der Waals surface area contributed by atoms with E-state index in [0.29, 0.717) is 10.7 Å². The fourth-order valence-electron chi connectivity index (χ4n) is 4.11. The predicted octanol–water partition coefficient (Wildman–Crippen LogP) is 3.89. The number of sulfonamides is 1. The molecule has 184 valence electrons. The summed E-state index contributed by atoms with van der Waals surface area (Å²) in [6.45, 7) is 3.24. The third kappa shape index (κ3) is 6.73. The lowest BCUT2D eigenvalue weighted by Crippen LogP contribution is -2.52. The van der Waals surface area contributed by atoms with Crippen LogP contribution in [0.25, 0.3) is 0 Å². The normalized spacial score (nSPS) is 15.1. The molecule has 2 amide bonds. The van der Waals surface area contributed by atoms with Gasteiger partial charge in [0.25, 0.3) is 0 Å². The highest BCUT2D eigenvalue weighted by Crippen LogP contribution is 2.25. The van der Waals surface area contributed by atoms with Crippen molar-refractivity contribution in [2.45, 2.75) is 58.2 Å². The zero-order chi connectivity index (χ0) is 24.9. The van der Waals surface area contributed by atoms with E-state index >= 15 is 0 Å². The van der Waals surface area contributed by atoms with E-state index in [4.69, 9.17) is 11.6 Å². The van der Waals surface area contributed by atoms with Crippen LogP contribution in [0.2, 0.25) is 5.02 Å². The van der Waals surface area contributed by atoms with E-state index in [1.54, 1.807) is 19.1 Å². The third-order valence-corrected chi connectivity index (χ3v) is 7.73. The Morgan fingerprint density at radius 3 is 2.35 bits per heavy atom. The fraction of sp³-hybridized carbons (Fsp3) is 0.440. The molecule has 0 aromatic heterocycles. The first-order valence-electron chi connectivity index (χ1n) is 11.4. The smallest absolute Gasteiger partial charge is 0.244 e. The number of amides is 2. The van der Waals surface area contributed by atoms with E-state index in [-0.39, 0.29) is 18.5 Å². The van der Waals surface area contributed by atoms with Gasteiger partial charge >= 0.3 is 0 Å². The second kappa shape index (κ2) is 11.2. The largest absolute Gasteiger partial charge is 0.352 e. The highest BCUT2D eigenvalue weighted by atomic mass is 35.5. The van der Waals surface area contributed by atoms with Crippen molar-refractivity contribution in [1.82, 2.24) is 10.2 Å². The summed E-state index contributed by atoms with van der Waals surface area (Å²) >= 11 is 6.22. The van der Waals surface area contributed by atoms with E-state index in [1.165, 1.54) is 11.0 Å². The van der Waals surface area contributed by atoms with Gasteiger partial charge in [0.05, 0.1) is 11.9 Å². The minimum absolute atomic E-state index is 0.117. The van der Waals surface area contributed by atoms with Crippen LogP contribution in [0.5, 0.6) is 0 Å². The molecule has 2 aromatic carbocycles. The number of carbonyl (C=O) groups is 2. The molecule has 9 heteroatoms. The number of halogens is 1. The molecular weight excluding hydrogens is 474 g/mol. The topological polar surface area (TPSA) is 86.8 Å². The maximum atomic E-state index is 13.5. The van der Waals surface area contributed by atoms with Gasteiger partial charge in [0, 0.05) is 17.6 Å². The Morgan fingerprint density at radius 1 is 1.12 bits per heavy atom. The summed E-state index contributed by atoms with van der Waals surface area (Å²) in [6.07, 6.45) is 5.07. The Kier molecular flexibility index (Phi) is 8.60. The average Bonchev–Trinajstić information content (AvgIpc) is 3.30. The predicted molar refractivity (Wildman–Crippen MR) is 135 cm³/mol. The zero-order valence-corrected chi connectivity index (χ0v) is 21.4. The van der Waals surface area contributed by atoms with Crippen molar-refractivity contribution >= 4 is 39.1 Å². The van der Waals surface area contributed by atoms with Crippen molar-refractivity contribution in [2.24, 2.45) is 0 Å². The van der Waals surface area contributed by atoms with Crippen molar-refractivity contribution in [1.29, 1.82) is 0 Å². The minimum atomic E-state index is -3.79. The Labute approximate surface area is 207 Å². The van der Waals surface area contributed by atoms with Crippen LogP contribution in [0.1, 0.15) is 43.7 Å². The number of anilines is 1. The minimum Gasteiger partial charge on any atom is -0.352 e. The number of carbonyl (C=O) groups excluding carboxylic acids is 2. The van der Waals surface area contributed by atoms with Gasteiger partial charge in [-0.25, -0.2) is 8.42 Å². The first-order chi connectivity index (χ1) is 16.1. The van der Waals surface area contributed by atoms with Gasteiger partial charge in [0.15, 0.2) is 0 Å². The number of nitrogens with zero attached hydrogens (tertiary/aromatic N) is 2. The molecule has 0 spiro atoms. The Morgan fingerprint density at radius 2 is 1.76 bits per heavy atom. The number of benzene rings is 2. The van der Waals surface area contributed by atoms with Crippen molar-refractivity contribution in [3.05, 3.63) is 64.7 Å².